The van der Waals surface area contributed by atoms with Crippen LogP contribution in [0, 0.1) is 34.1 Å². The molecule has 0 bridgehead atoms. The van der Waals surface area contributed by atoms with Gasteiger partial charge in [-0.15, -0.1) is 0 Å². The Morgan fingerprint density at radius 1 is 1.25 bits per heavy atom. The Morgan fingerprint density at radius 2 is 1.93 bits per heavy atom. The number of carbonyl (C=O) groups is 1. The maximum absolute atomic E-state index is 12.0. The number of nitro groups is 2. The topological polar surface area (TPSA) is 153 Å². The van der Waals surface area contributed by atoms with Crippen LogP contribution in [0.25, 0.3) is 0 Å². The zero-order valence-corrected chi connectivity index (χ0v) is 15.7. The monoisotopic (exact) mass is 389 g/mol. The zero-order chi connectivity index (χ0) is 21.0. The number of hydrogen-bond donors (Lipinski definition) is 2. The minimum atomic E-state index is -0.730. The van der Waals surface area contributed by atoms with Crippen LogP contribution in [0.3, 0.4) is 0 Å². The summed E-state index contributed by atoms with van der Waals surface area (Å²) >= 11 is 0. The first-order valence-electron chi connectivity index (χ1n) is 8.27. The largest absolute Gasteiger partial charge is 0.461 e. The number of nitrogens with zero attached hydrogens (tertiary/aromatic N) is 3. The fourth-order valence-corrected chi connectivity index (χ4v) is 2.78. The molecule has 0 spiro atoms. The Hall–Kier alpha value is -3.76. The summed E-state index contributed by atoms with van der Waals surface area (Å²) in [6, 6.07) is 3.22. The molecule has 1 aromatic heterocycles. The molecule has 0 saturated carbocycles. The van der Waals surface area contributed by atoms with Crippen LogP contribution in [0.5, 0.6) is 0 Å². The van der Waals surface area contributed by atoms with Gasteiger partial charge in [0.1, 0.15) is 11.4 Å². The first-order chi connectivity index (χ1) is 13.2. The lowest BCUT2D eigenvalue weighted by atomic mass is 10.1. The van der Waals surface area contributed by atoms with Gasteiger partial charge in [-0.25, -0.2) is 4.79 Å². The van der Waals surface area contributed by atoms with Gasteiger partial charge in [0.25, 0.3) is 5.69 Å². The van der Waals surface area contributed by atoms with Gasteiger partial charge in [0.2, 0.25) is 0 Å². The van der Waals surface area contributed by atoms with E-state index < -0.39 is 27.2 Å². The number of rotatable bonds is 7. The van der Waals surface area contributed by atoms with Crippen molar-refractivity contribution in [2.75, 3.05) is 12.0 Å². The van der Waals surface area contributed by atoms with Gasteiger partial charge in [0.15, 0.2) is 0 Å². The van der Waals surface area contributed by atoms with E-state index in [2.05, 4.69) is 15.5 Å². The van der Waals surface area contributed by atoms with E-state index in [4.69, 9.17) is 4.74 Å². The average Bonchev–Trinajstić information content (AvgIpc) is 2.94. The minimum Gasteiger partial charge on any atom is -0.461 e. The molecule has 148 valence electrons. The highest BCUT2D eigenvalue weighted by atomic mass is 16.6. The number of hydrogen-bond acceptors (Lipinski definition) is 8. The van der Waals surface area contributed by atoms with Crippen LogP contribution in [0.2, 0.25) is 0 Å². The number of esters is 1. The zero-order valence-electron chi connectivity index (χ0n) is 15.7. The number of benzene rings is 1. The standard InChI is InChI=1S/C17H19N5O6/c1-5-28-17(23)16-9(2)15(10(3)18-16)11(4)19-20-13-7-6-12(21(24)25)8-14(13)22(26)27/h6-8,18,20H,5H2,1-4H3/b19-11-. The van der Waals surface area contributed by atoms with E-state index in [1.165, 1.54) is 6.07 Å². The number of ether oxygens (including phenoxy) is 1. The van der Waals surface area contributed by atoms with Crippen molar-refractivity contribution in [3.05, 3.63) is 60.9 Å². The van der Waals surface area contributed by atoms with Crippen LogP contribution in [-0.2, 0) is 4.74 Å². The van der Waals surface area contributed by atoms with Gasteiger partial charge in [-0.3, -0.25) is 25.7 Å². The number of anilines is 1. The van der Waals surface area contributed by atoms with Crippen LogP contribution < -0.4 is 5.43 Å². The SMILES string of the molecule is CCOC(=O)c1[nH]c(C)c(/C(C)=N\Nc2ccc([N+](=O)[O-])cc2[N+](=O)[O-])c1C. The van der Waals surface area contributed by atoms with Crippen molar-refractivity contribution >= 4 is 28.7 Å². The van der Waals surface area contributed by atoms with Crippen LogP contribution >= 0.6 is 0 Å². The number of nitro benzene ring substituents is 2. The van der Waals surface area contributed by atoms with Crippen molar-refractivity contribution in [3.8, 4) is 0 Å². The first kappa shape index (κ1) is 20.6. The summed E-state index contributed by atoms with van der Waals surface area (Å²) in [6.07, 6.45) is 0. The Balaban J connectivity index is 2.37. The van der Waals surface area contributed by atoms with Gasteiger partial charge in [0, 0.05) is 17.3 Å². The fourth-order valence-electron chi connectivity index (χ4n) is 2.78. The summed E-state index contributed by atoms with van der Waals surface area (Å²) in [5.41, 5.74) is 4.47. The van der Waals surface area contributed by atoms with E-state index >= 15 is 0 Å². The minimum absolute atomic E-state index is 0.00593. The van der Waals surface area contributed by atoms with E-state index in [-0.39, 0.29) is 12.3 Å². The number of carbonyl (C=O) groups excluding carboxylic acids is 1. The predicted octanol–water partition coefficient (Wildman–Crippen LogP) is 3.46. The van der Waals surface area contributed by atoms with Crippen molar-refractivity contribution in [3.63, 3.8) is 0 Å². The Kier molecular flexibility index (Phi) is 6.08. The van der Waals surface area contributed by atoms with Gasteiger partial charge < -0.3 is 9.72 Å². The highest BCUT2D eigenvalue weighted by molar-refractivity contribution is 6.04. The molecule has 2 aromatic rings. The summed E-state index contributed by atoms with van der Waals surface area (Å²) in [7, 11) is 0. The molecule has 11 nitrogen and oxygen atoms in total. The molecule has 0 atom stereocenters. The molecule has 1 aromatic carbocycles. The van der Waals surface area contributed by atoms with Gasteiger partial charge in [-0.1, -0.05) is 0 Å². The van der Waals surface area contributed by atoms with Crippen molar-refractivity contribution in [1.29, 1.82) is 0 Å². The Labute approximate surface area is 159 Å². The third kappa shape index (κ3) is 4.14. The second kappa shape index (κ2) is 8.29. The maximum atomic E-state index is 12.0. The second-order valence-electron chi connectivity index (χ2n) is 5.87. The average molecular weight is 389 g/mol. The quantitative estimate of drug-likeness (QED) is 0.318. The van der Waals surface area contributed by atoms with E-state index in [1.54, 1.807) is 27.7 Å². The number of non-ortho nitro benzene ring substituents is 1. The molecule has 0 aliphatic heterocycles. The van der Waals surface area contributed by atoms with Crippen molar-refractivity contribution < 1.29 is 19.4 Å². The third-order valence-electron chi connectivity index (χ3n) is 4.01. The Morgan fingerprint density at radius 3 is 2.50 bits per heavy atom. The highest BCUT2D eigenvalue weighted by Gasteiger charge is 2.21. The lowest BCUT2D eigenvalue weighted by molar-refractivity contribution is -0.393. The molecule has 0 radical (unpaired) electrons. The summed E-state index contributed by atoms with van der Waals surface area (Å²) < 4.78 is 5.00. The number of aromatic amines is 1. The number of nitrogens with one attached hydrogen (secondary N) is 2. The molecule has 0 fully saturated rings. The van der Waals surface area contributed by atoms with Gasteiger partial charge >= 0.3 is 11.7 Å². The van der Waals surface area contributed by atoms with E-state index in [9.17, 15) is 25.0 Å². The summed E-state index contributed by atoms with van der Waals surface area (Å²) in [5.74, 6) is -0.485. The number of aromatic nitrogens is 1. The maximum Gasteiger partial charge on any atom is 0.355 e. The fraction of sp³-hybridized carbons (Fsp3) is 0.294. The highest BCUT2D eigenvalue weighted by Crippen LogP contribution is 2.29. The molecular formula is C17H19N5O6. The second-order valence-corrected chi connectivity index (χ2v) is 5.87. The summed E-state index contributed by atoms with van der Waals surface area (Å²) in [4.78, 5) is 35.5. The van der Waals surface area contributed by atoms with Crippen molar-refractivity contribution in [2.45, 2.75) is 27.7 Å². The third-order valence-corrected chi connectivity index (χ3v) is 4.01. The number of aryl methyl sites for hydroxylation is 1. The van der Waals surface area contributed by atoms with Crippen LogP contribution in [0.1, 0.15) is 41.2 Å². The lowest BCUT2D eigenvalue weighted by Crippen LogP contribution is -2.07. The van der Waals surface area contributed by atoms with Crippen LogP contribution in [-0.4, -0.2) is 33.1 Å². The van der Waals surface area contributed by atoms with Crippen molar-refractivity contribution in [1.82, 2.24) is 4.98 Å². The summed E-state index contributed by atoms with van der Waals surface area (Å²) in [6.45, 7) is 7.11. The van der Waals surface area contributed by atoms with Gasteiger partial charge in [-0.05, 0) is 39.3 Å². The predicted molar refractivity (Wildman–Crippen MR) is 102 cm³/mol. The molecule has 0 unspecified atom stereocenters. The Bertz CT molecular complexity index is 979. The van der Waals surface area contributed by atoms with E-state index in [1.807, 2.05) is 0 Å². The first-order valence-corrected chi connectivity index (χ1v) is 8.27. The number of H-pyrrole nitrogens is 1. The molecule has 0 aliphatic carbocycles. The van der Waals surface area contributed by atoms with Crippen LogP contribution in [0.4, 0.5) is 17.1 Å². The van der Waals surface area contributed by atoms with Gasteiger partial charge in [-0.2, -0.15) is 5.10 Å². The molecule has 0 saturated heterocycles. The molecule has 1 heterocycles. The van der Waals surface area contributed by atoms with Crippen LogP contribution in [0.15, 0.2) is 23.3 Å². The molecule has 0 amide bonds. The lowest BCUT2D eigenvalue weighted by Gasteiger charge is -2.06. The molecule has 2 rings (SSSR count). The molecule has 11 heteroatoms. The smallest absolute Gasteiger partial charge is 0.355 e. The molecule has 28 heavy (non-hydrogen) atoms. The molecule has 2 N–H and O–H groups in total. The van der Waals surface area contributed by atoms with E-state index in [0.29, 0.717) is 28.2 Å². The number of hydrazone groups is 1. The molecule has 0 aliphatic rings. The van der Waals surface area contributed by atoms with Gasteiger partial charge in [0.05, 0.1) is 28.2 Å². The van der Waals surface area contributed by atoms with Crippen molar-refractivity contribution in [2.24, 2.45) is 5.10 Å². The summed E-state index contributed by atoms with van der Waals surface area (Å²) in [5, 5.41) is 26.2. The molecular weight excluding hydrogens is 370 g/mol. The normalized spacial score (nSPS) is 11.2. The van der Waals surface area contributed by atoms with E-state index in [0.717, 1.165) is 12.1 Å².